The lowest BCUT2D eigenvalue weighted by Crippen LogP contribution is -2.15. The number of halogens is 1. The van der Waals surface area contributed by atoms with Crippen LogP contribution < -0.4 is 10.1 Å². The Morgan fingerprint density at radius 3 is 2.64 bits per heavy atom. The normalized spacial score (nSPS) is 10.9. The molecule has 0 radical (unpaired) electrons. The highest BCUT2D eigenvalue weighted by Gasteiger charge is 2.18. The van der Waals surface area contributed by atoms with Crippen molar-refractivity contribution in [1.29, 1.82) is 0 Å². The van der Waals surface area contributed by atoms with Gasteiger partial charge in [0, 0.05) is 11.8 Å². The third-order valence-corrected chi connectivity index (χ3v) is 5.47. The minimum atomic E-state index is -0.350. The van der Waals surface area contributed by atoms with Crippen LogP contribution in [0.2, 0.25) is 0 Å². The predicted molar refractivity (Wildman–Crippen MR) is 124 cm³/mol. The molecule has 0 saturated heterocycles. The fourth-order valence-corrected chi connectivity index (χ4v) is 3.55. The van der Waals surface area contributed by atoms with Crippen LogP contribution >= 0.6 is 0 Å². The number of nitrogens with zero attached hydrogens (tertiary/aromatic N) is 4. The van der Waals surface area contributed by atoms with Crippen LogP contribution in [0.3, 0.4) is 0 Å². The highest BCUT2D eigenvalue weighted by Crippen LogP contribution is 2.22. The molecule has 0 bridgehead atoms. The van der Waals surface area contributed by atoms with E-state index in [0.717, 1.165) is 22.6 Å². The molecule has 0 aliphatic carbocycles. The first-order valence-electron chi connectivity index (χ1n) is 10.6. The van der Waals surface area contributed by atoms with Gasteiger partial charge >= 0.3 is 0 Å². The molecule has 1 amide bonds. The van der Waals surface area contributed by atoms with Crippen molar-refractivity contribution in [2.75, 3.05) is 5.32 Å². The molecule has 2 aromatic carbocycles. The monoisotopic (exact) mass is 447 g/mol. The number of rotatable bonds is 7. The van der Waals surface area contributed by atoms with Crippen molar-refractivity contribution >= 4 is 11.6 Å². The number of aromatic nitrogens is 4. The van der Waals surface area contributed by atoms with Crippen LogP contribution in [0.1, 0.15) is 38.6 Å². The van der Waals surface area contributed by atoms with Gasteiger partial charge in [0.05, 0.1) is 23.6 Å². The Morgan fingerprint density at radius 1 is 1.06 bits per heavy atom. The average Bonchev–Trinajstić information content (AvgIpc) is 3.36. The van der Waals surface area contributed by atoms with Gasteiger partial charge in [-0.15, -0.1) is 0 Å². The zero-order valence-electron chi connectivity index (χ0n) is 19.1. The maximum atomic E-state index is 14.0. The van der Waals surface area contributed by atoms with Crippen LogP contribution in [0.25, 0.3) is 0 Å². The fraction of sp³-hybridized carbons (Fsp3) is 0.240. The molecule has 2 aromatic heterocycles. The minimum Gasteiger partial charge on any atom is -0.471 e. The molecule has 0 aliphatic rings. The molecule has 0 aliphatic heterocycles. The van der Waals surface area contributed by atoms with Crippen LogP contribution in [0.4, 0.5) is 10.1 Å². The maximum absolute atomic E-state index is 14.0. The summed E-state index contributed by atoms with van der Waals surface area (Å²) in [7, 11) is 0. The Balaban J connectivity index is 1.44. The number of amides is 1. The van der Waals surface area contributed by atoms with Crippen molar-refractivity contribution in [2.24, 2.45) is 0 Å². The number of hydrogen-bond acceptors (Lipinski definition) is 4. The number of nitrogens with one attached hydrogen (secondary N) is 1. The van der Waals surface area contributed by atoms with E-state index in [1.54, 1.807) is 46.7 Å². The van der Waals surface area contributed by atoms with Gasteiger partial charge in [0.15, 0.2) is 12.4 Å². The number of carbonyl (C=O) groups is 1. The summed E-state index contributed by atoms with van der Waals surface area (Å²) in [6, 6.07) is 14.2. The zero-order chi connectivity index (χ0) is 23.5. The molecule has 0 unspecified atom stereocenters. The number of hydrogen-bond donors (Lipinski definition) is 1. The summed E-state index contributed by atoms with van der Waals surface area (Å²) in [6.45, 7) is 8.10. The van der Waals surface area contributed by atoms with E-state index in [9.17, 15) is 9.18 Å². The first-order chi connectivity index (χ1) is 15.8. The molecule has 7 nitrogen and oxygen atoms in total. The van der Waals surface area contributed by atoms with Gasteiger partial charge in [-0.1, -0.05) is 30.3 Å². The topological polar surface area (TPSA) is 74.0 Å². The molecule has 33 heavy (non-hydrogen) atoms. The maximum Gasteiger partial charge on any atom is 0.276 e. The lowest BCUT2D eigenvalue weighted by molar-refractivity contribution is 0.102. The molecule has 4 rings (SSSR count). The Bertz CT molecular complexity index is 1310. The van der Waals surface area contributed by atoms with E-state index in [2.05, 4.69) is 15.5 Å². The molecule has 2 heterocycles. The summed E-state index contributed by atoms with van der Waals surface area (Å²) in [5.74, 6) is 0.145. The number of benzene rings is 2. The van der Waals surface area contributed by atoms with Crippen molar-refractivity contribution in [3.8, 4) is 5.75 Å². The first kappa shape index (κ1) is 22.3. The third kappa shape index (κ3) is 4.95. The summed E-state index contributed by atoms with van der Waals surface area (Å²) in [4.78, 5) is 12.8. The average molecular weight is 448 g/mol. The van der Waals surface area contributed by atoms with Gasteiger partial charge in [-0.3, -0.25) is 9.48 Å². The lowest BCUT2D eigenvalue weighted by Gasteiger charge is -2.10. The van der Waals surface area contributed by atoms with E-state index in [1.807, 2.05) is 39.0 Å². The molecule has 170 valence electrons. The first-order valence-corrected chi connectivity index (χ1v) is 10.6. The van der Waals surface area contributed by atoms with Gasteiger partial charge in [0.1, 0.15) is 11.6 Å². The summed E-state index contributed by atoms with van der Waals surface area (Å²) in [5.41, 5.74) is 4.92. The van der Waals surface area contributed by atoms with E-state index in [4.69, 9.17) is 4.74 Å². The van der Waals surface area contributed by atoms with Crippen molar-refractivity contribution in [3.05, 3.63) is 94.3 Å². The highest BCUT2D eigenvalue weighted by molar-refractivity contribution is 6.03. The fourth-order valence-electron chi connectivity index (χ4n) is 3.55. The predicted octanol–water partition coefficient (Wildman–Crippen LogP) is 4.79. The van der Waals surface area contributed by atoms with Crippen molar-refractivity contribution in [1.82, 2.24) is 19.6 Å². The standard InChI is InChI=1S/C25H26FN5O2/c1-16-9-10-17(2)23(13-16)33-15-30-12-11-22(29-30)25(32)27-24-18(3)28-31(19(24)4)14-20-7-5-6-8-21(20)26/h5-13H,14-15H2,1-4H3,(H,27,32). The molecular formula is C25H26FN5O2. The molecule has 0 atom stereocenters. The number of ether oxygens (including phenoxy) is 1. The lowest BCUT2D eigenvalue weighted by atomic mass is 10.1. The van der Waals surface area contributed by atoms with Gasteiger partial charge in [-0.05, 0) is 57.0 Å². The Labute approximate surface area is 191 Å². The number of aryl methyl sites for hydroxylation is 3. The summed E-state index contributed by atoms with van der Waals surface area (Å²) >= 11 is 0. The van der Waals surface area contributed by atoms with Crippen molar-refractivity contribution < 1.29 is 13.9 Å². The molecule has 0 saturated carbocycles. The van der Waals surface area contributed by atoms with Crippen LogP contribution in [-0.4, -0.2) is 25.5 Å². The molecule has 0 spiro atoms. The molecular weight excluding hydrogens is 421 g/mol. The molecule has 1 N–H and O–H groups in total. The molecule has 8 heteroatoms. The smallest absolute Gasteiger partial charge is 0.276 e. The van der Waals surface area contributed by atoms with E-state index in [-0.39, 0.29) is 30.7 Å². The number of carbonyl (C=O) groups excluding carboxylic acids is 1. The second-order valence-electron chi connectivity index (χ2n) is 8.03. The van der Waals surface area contributed by atoms with Gasteiger partial charge in [-0.25, -0.2) is 9.07 Å². The largest absolute Gasteiger partial charge is 0.471 e. The number of anilines is 1. The second-order valence-corrected chi connectivity index (χ2v) is 8.03. The quantitative estimate of drug-likeness (QED) is 0.442. The van der Waals surface area contributed by atoms with Crippen LogP contribution in [-0.2, 0) is 13.3 Å². The van der Waals surface area contributed by atoms with Crippen LogP contribution in [0.15, 0.2) is 54.7 Å². The van der Waals surface area contributed by atoms with E-state index in [1.165, 1.54) is 6.07 Å². The van der Waals surface area contributed by atoms with E-state index >= 15 is 0 Å². The summed E-state index contributed by atoms with van der Waals surface area (Å²) in [6.07, 6.45) is 1.70. The summed E-state index contributed by atoms with van der Waals surface area (Å²) < 4.78 is 23.1. The van der Waals surface area contributed by atoms with Crippen molar-refractivity contribution in [2.45, 2.75) is 41.0 Å². The Kier molecular flexibility index (Phi) is 6.26. The SMILES string of the molecule is Cc1ccc(C)c(OCn2ccc(C(=O)Nc3c(C)nn(Cc4ccccc4F)c3C)n2)c1. The van der Waals surface area contributed by atoms with Gasteiger partial charge in [0.2, 0.25) is 0 Å². The second kappa shape index (κ2) is 9.28. The summed E-state index contributed by atoms with van der Waals surface area (Å²) in [5, 5.41) is 11.7. The Morgan fingerprint density at radius 2 is 1.85 bits per heavy atom. The minimum absolute atomic E-state index is 0.191. The Hall–Kier alpha value is -3.94. The van der Waals surface area contributed by atoms with E-state index in [0.29, 0.717) is 16.9 Å². The van der Waals surface area contributed by atoms with Crippen LogP contribution in [0, 0.1) is 33.5 Å². The van der Waals surface area contributed by atoms with Gasteiger partial charge in [-0.2, -0.15) is 10.2 Å². The van der Waals surface area contributed by atoms with E-state index < -0.39 is 0 Å². The molecule has 0 fully saturated rings. The highest BCUT2D eigenvalue weighted by atomic mass is 19.1. The third-order valence-electron chi connectivity index (χ3n) is 5.47. The molecule has 4 aromatic rings. The van der Waals surface area contributed by atoms with Gasteiger partial charge < -0.3 is 10.1 Å². The van der Waals surface area contributed by atoms with Gasteiger partial charge in [0.25, 0.3) is 5.91 Å². The zero-order valence-corrected chi connectivity index (χ0v) is 19.1. The van der Waals surface area contributed by atoms with Crippen LogP contribution in [0.5, 0.6) is 5.75 Å². The van der Waals surface area contributed by atoms with Crippen molar-refractivity contribution in [3.63, 3.8) is 0 Å².